The molecule has 2 aromatic carbocycles. The predicted molar refractivity (Wildman–Crippen MR) is 84.7 cm³/mol. The highest BCUT2D eigenvalue weighted by Crippen LogP contribution is 2.38. The molecule has 0 unspecified atom stereocenters. The first-order valence-corrected chi connectivity index (χ1v) is 7.56. The predicted octanol–water partition coefficient (Wildman–Crippen LogP) is 4.68. The highest BCUT2D eigenvalue weighted by atomic mass is 79.9. The van der Waals surface area contributed by atoms with E-state index in [2.05, 4.69) is 51.6 Å². The van der Waals surface area contributed by atoms with Crippen LogP contribution in [0.1, 0.15) is 29.9 Å². The zero-order valence-corrected chi connectivity index (χ0v) is 12.6. The van der Waals surface area contributed by atoms with Crippen LogP contribution in [0.5, 0.6) is 0 Å². The van der Waals surface area contributed by atoms with Crippen LogP contribution in [0.2, 0.25) is 0 Å². The number of benzene rings is 2. The van der Waals surface area contributed by atoms with Gasteiger partial charge in [-0.05, 0) is 54.7 Å². The van der Waals surface area contributed by atoms with E-state index in [0.29, 0.717) is 17.5 Å². The lowest BCUT2D eigenvalue weighted by atomic mass is 9.76. The van der Waals surface area contributed by atoms with Crippen molar-refractivity contribution >= 4 is 21.6 Å². The monoisotopic (exact) mass is 326 g/mol. The molecule has 1 aliphatic rings. The molecule has 2 aromatic rings. The van der Waals surface area contributed by atoms with Gasteiger partial charge in [-0.15, -0.1) is 0 Å². The van der Waals surface area contributed by atoms with Crippen LogP contribution in [-0.4, -0.2) is 6.04 Å². The molecule has 0 aromatic heterocycles. The van der Waals surface area contributed by atoms with Crippen molar-refractivity contribution in [1.82, 2.24) is 0 Å². The van der Waals surface area contributed by atoms with Crippen molar-refractivity contribution in [3.8, 4) is 6.07 Å². The Bertz CT molecular complexity index is 637. The van der Waals surface area contributed by atoms with Crippen molar-refractivity contribution in [1.29, 1.82) is 5.26 Å². The number of halogens is 1. The average molecular weight is 327 g/mol. The number of anilines is 1. The summed E-state index contributed by atoms with van der Waals surface area (Å²) in [4.78, 5) is 0. The van der Waals surface area contributed by atoms with E-state index in [0.717, 1.165) is 23.0 Å². The van der Waals surface area contributed by atoms with Crippen molar-refractivity contribution in [2.75, 3.05) is 5.32 Å². The molecule has 0 amide bonds. The highest BCUT2D eigenvalue weighted by Gasteiger charge is 2.30. The molecule has 1 saturated carbocycles. The van der Waals surface area contributed by atoms with E-state index >= 15 is 0 Å². The number of hydrogen-bond donors (Lipinski definition) is 1. The summed E-state index contributed by atoms with van der Waals surface area (Å²) in [6, 6.07) is 19.0. The Morgan fingerprint density at radius 1 is 1.10 bits per heavy atom. The average Bonchev–Trinajstić information content (AvgIpc) is 2.44. The molecule has 0 radical (unpaired) electrons. The third kappa shape index (κ3) is 2.86. The molecule has 1 aliphatic carbocycles. The molecular weight excluding hydrogens is 312 g/mol. The quantitative estimate of drug-likeness (QED) is 0.888. The minimum absolute atomic E-state index is 0.512. The fourth-order valence-electron chi connectivity index (χ4n) is 2.66. The fourth-order valence-corrected chi connectivity index (χ4v) is 2.92. The van der Waals surface area contributed by atoms with Gasteiger partial charge in [-0.25, -0.2) is 0 Å². The second kappa shape index (κ2) is 5.68. The maximum atomic E-state index is 8.90. The summed E-state index contributed by atoms with van der Waals surface area (Å²) in [5.41, 5.74) is 3.17. The Morgan fingerprint density at radius 2 is 1.85 bits per heavy atom. The SMILES string of the molecule is N#Cc1cccc(NC2CC(c3ccc(Br)cc3)C2)c1. The molecule has 2 nitrogen and oxygen atoms in total. The maximum Gasteiger partial charge on any atom is 0.0992 e. The Hall–Kier alpha value is -1.79. The third-order valence-electron chi connectivity index (χ3n) is 3.84. The Morgan fingerprint density at radius 3 is 2.55 bits per heavy atom. The summed E-state index contributed by atoms with van der Waals surface area (Å²) in [6.45, 7) is 0. The summed E-state index contributed by atoms with van der Waals surface area (Å²) in [6.07, 6.45) is 2.30. The zero-order chi connectivity index (χ0) is 13.9. The van der Waals surface area contributed by atoms with E-state index in [1.54, 1.807) is 0 Å². The van der Waals surface area contributed by atoms with Crippen LogP contribution in [0.3, 0.4) is 0 Å². The van der Waals surface area contributed by atoms with Gasteiger partial charge in [0.25, 0.3) is 0 Å². The van der Waals surface area contributed by atoms with Gasteiger partial charge < -0.3 is 5.32 Å². The number of rotatable bonds is 3. The molecule has 0 spiro atoms. The van der Waals surface area contributed by atoms with E-state index in [9.17, 15) is 0 Å². The van der Waals surface area contributed by atoms with Crippen LogP contribution >= 0.6 is 15.9 Å². The van der Waals surface area contributed by atoms with E-state index < -0.39 is 0 Å². The third-order valence-corrected chi connectivity index (χ3v) is 4.37. The van der Waals surface area contributed by atoms with Gasteiger partial charge >= 0.3 is 0 Å². The standard InChI is InChI=1S/C17H15BrN2/c18-15-6-4-13(5-7-15)14-9-17(10-14)20-16-3-1-2-12(8-16)11-19/h1-8,14,17,20H,9-10H2. The lowest BCUT2D eigenvalue weighted by Crippen LogP contribution is -2.33. The molecule has 0 saturated heterocycles. The summed E-state index contributed by atoms with van der Waals surface area (Å²) in [5.74, 6) is 0.653. The van der Waals surface area contributed by atoms with Crippen LogP contribution < -0.4 is 5.32 Å². The van der Waals surface area contributed by atoms with Gasteiger partial charge in [0.15, 0.2) is 0 Å². The second-order valence-electron chi connectivity index (χ2n) is 5.25. The molecule has 20 heavy (non-hydrogen) atoms. The van der Waals surface area contributed by atoms with Gasteiger partial charge in [0.05, 0.1) is 11.6 Å². The van der Waals surface area contributed by atoms with Gasteiger partial charge in [0.2, 0.25) is 0 Å². The minimum Gasteiger partial charge on any atom is -0.382 e. The van der Waals surface area contributed by atoms with Crippen LogP contribution in [0.15, 0.2) is 53.0 Å². The van der Waals surface area contributed by atoms with E-state index in [4.69, 9.17) is 5.26 Å². The number of nitriles is 1. The molecule has 1 fully saturated rings. The first-order chi connectivity index (χ1) is 9.74. The molecule has 0 aliphatic heterocycles. The zero-order valence-electron chi connectivity index (χ0n) is 11.0. The van der Waals surface area contributed by atoms with Crippen LogP contribution in [0.4, 0.5) is 5.69 Å². The molecule has 1 N–H and O–H groups in total. The summed E-state index contributed by atoms with van der Waals surface area (Å²) in [7, 11) is 0. The van der Waals surface area contributed by atoms with Crippen LogP contribution in [0, 0.1) is 11.3 Å². The van der Waals surface area contributed by atoms with Crippen LogP contribution in [-0.2, 0) is 0 Å². The molecule has 3 heteroatoms. The topological polar surface area (TPSA) is 35.8 Å². The Kier molecular flexibility index (Phi) is 3.75. The lowest BCUT2D eigenvalue weighted by Gasteiger charge is -2.37. The van der Waals surface area contributed by atoms with E-state index in [1.807, 2.05) is 24.3 Å². The molecule has 3 rings (SSSR count). The van der Waals surface area contributed by atoms with Crippen molar-refractivity contribution in [3.63, 3.8) is 0 Å². The number of hydrogen-bond acceptors (Lipinski definition) is 2. The van der Waals surface area contributed by atoms with Gasteiger partial charge in [-0.3, -0.25) is 0 Å². The normalized spacial score (nSPS) is 20.8. The molecular formula is C17H15BrN2. The van der Waals surface area contributed by atoms with Gasteiger partial charge in [0.1, 0.15) is 0 Å². The minimum atomic E-state index is 0.512. The van der Waals surface area contributed by atoms with Crippen molar-refractivity contribution < 1.29 is 0 Å². The number of nitrogens with zero attached hydrogens (tertiary/aromatic N) is 1. The molecule has 0 heterocycles. The molecule has 0 bridgehead atoms. The van der Waals surface area contributed by atoms with E-state index in [1.165, 1.54) is 5.56 Å². The first-order valence-electron chi connectivity index (χ1n) is 6.77. The van der Waals surface area contributed by atoms with Gasteiger partial charge in [-0.2, -0.15) is 5.26 Å². The molecule has 100 valence electrons. The summed E-state index contributed by atoms with van der Waals surface area (Å²) < 4.78 is 1.13. The smallest absolute Gasteiger partial charge is 0.0992 e. The van der Waals surface area contributed by atoms with Gasteiger partial charge in [-0.1, -0.05) is 34.1 Å². The van der Waals surface area contributed by atoms with E-state index in [-0.39, 0.29) is 0 Å². The molecule has 0 atom stereocenters. The summed E-state index contributed by atoms with van der Waals surface area (Å²) in [5, 5.41) is 12.4. The lowest BCUT2D eigenvalue weighted by molar-refractivity contribution is 0.374. The summed E-state index contributed by atoms with van der Waals surface area (Å²) >= 11 is 3.47. The Labute approximate surface area is 127 Å². The van der Waals surface area contributed by atoms with Crippen LogP contribution in [0.25, 0.3) is 0 Å². The second-order valence-corrected chi connectivity index (χ2v) is 6.17. The van der Waals surface area contributed by atoms with Crippen molar-refractivity contribution in [3.05, 3.63) is 64.1 Å². The van der Waals surface area contributed by atoms with Crippen molar-refractivity contribution in [2.24, 2.45) is 0 Å². The first kappa shape index (κ1) is 13.2. The Balaban J connectivity index is 1.58. The largest absolute Gasteiger partial charge is 0.382 e. The fraction of sp³-hybridized carbons (Fsp3) is 0.235. The van der Waals surface area contributed by atoms with Crippen molar-refractivity contribution in [2.45, 2.75) is 24.8 Å². The number of nitrogens with one attached hydrogen (secondary N) is 1. The highest BCUT2D eigenvalue weighted by molar-refractivity contribution is 9.10. The van der Waals surface area contributed by atoms with Gasteiger partial charge in [0, 0.05) is 16.2 Å². The maximum absolute atomic E-state index is 8.90.